The number of thiazole rings is 1. The molecule has 0 radical (unpaired) electrons. The third kappa shape index (κ3) is 4.94. The molecule has 5 aromatic rings. The summed E-state index contributed by atoms with van der Waals surface area (Å²) in [7, 11) is 0. The van der Waals surface area contributed by atoms with Crippen molar-refractivity contribution in [3.8, 4) is 17.1 Å². The van der Waals surface area contributed by atoms with E-state index in [-0.39, 0.29) is 28.0 Å². The third-order valence-electron chi connectivity index (χ3n) is 7.07. The number of amides is 2. The largest absolute Gasteiger partial charge is 0.494 e. The summed E-state index contributed by atoms with van der Waals surface area (Å²) in [5.41, 5.74) is 3.59. The molecule has 212 valence electrons. The first-order chi connectivity index (χ1) is 20.1. The number of para-hydroxylation sites is 1. The Bertz CT molecular complexity index is 1940. The molecule has 3 heterocycles. The molecule has 0 aliphatic carbocycles. The maximum absolute atomic E-state index is 13.7. The molecule has 2 amide bonds. The van der Waals surface area contributed by atoms with Crippen LogP contribution in [-0.2, 0) is 15.0 Å². The minimum Gasteiger partial charge on any atom is -0.494 e. The van der Waals surface area contributed by atoms with E-state index in [1.807, 2.05) is 31.2 Å². The average Bonchev–Trinajstić information content (AvgIpc) is 3.60. The van der Waals surface area contributed by atoms with E-state index in [0.29, 0.717) is 40.1 Å². The van der Waals surface area contributed by atoms with Crippen molar-refractivity contribution in [3.63, 3.8) is 0 Å². The standard InChI is InChI=1S/C32H29N5O4S/c1-5-41-22-16-14-21(15-17-22)33-25(38)18-36-24-9-7-6-8-23(24)26(29(36)39)27-30(40)37-31(42-27)34-28(35-37)19-10-12-20(13-11-19)32(2,3)4/h6-17H,5,18H2,1-4H3,(H,33,38). The van der Waals surface area contributed by atoms with Gasteiger partial charge in [0, 0.05) is 16.8 Å². The van der Waals surface area contributed by atoms with Crippen LogP contribution in [0.15, 0.2) is 77.6 Å². The number of benzene rings is 3. The summed E-state index contributed by atoms with van der Waals surface area (Å²) >= 11 is 1.12. The molecule has 0 saturated heterocycles. The van der Waals surface area contributed by atoms with Gasteiger partial charge in [0.25, 0.3) is 11.5 Å². The summed E-state index contributed by atoms with van der Waals surface area (Å²) < 4.78 is 6.94. The number of nitrogens with zero attached hydrogens (tertiary/aromatic N) is 4. The zero-order valence-electron chi connectivity index (χ0n) is 23.7. The first kappa shape index (κ1) is 27.3. The summed E-state index contributed by atoms with van der Waals surface area (Å²) in [6, 6.07) is 22.2. The normalized spacial score (nSPS) is 14.4. The van der Waals surface area contributed by atoms with Crippen LogP contribution in [0.25, 0.3) is 21.9 Å². The highest BCUT2D eigenvalue weighted by Crippen LogP contribution is 2.35. The molecule has 0 unspecified atom stereocenters. The number of hydrogen-bond acceptors (Lipinski definition) is 7. The lowest BCUT2D eigenvalue weighted by atomic mass is 9.87. The monoisotopic (exact) mass is 579 g/mol. The van der Waals surface area contributed by atoms with Crippen LogP contribution in [0.3, 0.4) is 0 Å². The molecule has 0 saturated carbocycles. The fourth-order valence-electron chi connectivity index (χ4n) is 4.93. The highest BCUT2D eigenvalue weighted by atomic mass is 32.1. The van der Waals surface area contributed by atoms with Crippen LogP contribution in [0.1, 0.15) is 38.8 Å². The number of rotatable bonds is 6. The Morgan fingerprint density at radius 2 is 1.69 bits per heavy atom. The molecule has 6 rings (SSSR count). The van der Waals surface area contributed by atoms with Gasteiger partial charge >= 0.3 is 0 Å². The quantitative estimate of drug-likeness (QED) is 0.319. The van der Waals surface area contributed by atoms with E-state index < -0.39 is 11.5 Å². The molecule has 42 heavy (non-hydrogen) atoms. The van der Waals surface area contributed by atoms with Crippen molar-refractivity contribution in [3.05, 3.63) is 98.8 Å². The number of carbonyl (C=O) groups is 2. The number of ether oxygens (including phenoxy) is 1. The molecule has 10 heteroatoms. The molecule has 0 fully saturated rings. The average molecular weight is 580 g/mol. The highest BCUT2D eigenvalue weighted by molar-refractivity contribution is 7.15. The Balaban J connectivity index is 1.31. The number of fused-ring (bicyclic) bond motifs is 2. The van der Waals surface area contributed by atoms with Gasteiger partial charge in [0.05, 0.1) is 17.9 Å². The van der Waals surface area contributed by atoms with Gasteiger partial charge in [-0.1, -0.05) is 74.6 Å². The van der Waals surface area contributed by atoms with E-state index >= 15 is 0 Å². The van der Waals surface area contributed by atoms with Crippen LogP contribution >= 0.6 is 11.3 Å². The Morgan fingerprint density at radius 1 is 0.976 bits per heavy atom. The minimum absolute atomic E-state index is 0.0166. The van der Waals surface area contributed by atoms with Gasteiger partial charge < -0.3 is 10.1 Å². The highest BCUT2D eigenvalue weighted by Gasteiger charge is 2.35. The summed E-state index contributed by atoms with van der Waals surface area (Å²) in [6.45, 7) is 8.67. The van der Waals surface area contributed by atoms with Crippen molar-refractivity contribution in [2.45, 2.75) is 33.1 Å². The number of nitrogens with one attached hydrogen (secondary N) is 1. The second kappa shape index (κ2) is 10.5. The van der Waals surface area contributed by atoms with E-state index in [1.54, 1.807) is 48.5 Å². The Hall–Kier alpha value is -4.83. The van der Waals surface area contributed by atoms with Crippen LogP contribution in [0, 0.1) is 0 Å². The predicted octanol–water partition coefficient (Wildman–Crippen LogP) is 4.42. The molecular weight excluding hydrogens is 550 g/mol. The van der Waals surface area contributed by atoms with Crippen LogP contribution < -0.4 is 25.0 Å². The van der Waals surface area contributed by atoms with E-state index in [1.165, 1.54) is 15.0 Å². The van der Waals surface area contributed by atoms with E-state index in [2.05, 4.69) is 36.2 Å². The Labute approximate surface area is 246 Å². The van der Waals surface area contributed by atoms with Gasteiger partial charge in [0.1, 0.15) is 16.8 Å². The molecule has 0 spiro atoms. The number of hydrogen-bond donors (Lipinski definition) is 1. The second-order valence-electron chi connectivity index (χ2n) is 11.0. The topological polar surface area (TPSA) is 106 Å². The summed E-state index contributed by atoms with van der Waals surface area (Å²) in [5.74, 6) is 0.364. The van der Waals surface area contributed by atoms with E-state index in [0.717, 1.165) is 16.9 Å². The van der Waals surface area contributed by atoms with Crippen molar-refractivity contribution in [2.75, 3.05) is 23.4 Å². The molecular formula is C32H29N5O4S. The lowest BCUT2D eigenvalue weighted by molar-refractivity contribution is -0.118. The van der Waals surface area contributed by atoms with Gasteiger partial charge in [-0.25, -0.2) is 0 Å². The second-order valence-corrected chi connectivity index (χ2v) is 12.0. The summed E-state index contributed by atoms with van der Waals surface area (Å²) in [6.07, 6.45) is 0. The number of aromatic nitrogens is 3. The molecule has 2 aromatic heterocycles. The summed E-state index contributed by atoms with van der Waals surface area (Å²) in [5, 5.41) is 7.30. The Kier molecular flexibility index (Phi) is 6.86. The molecule has 3 aromatic carbocycles. The maximum atomic E-state index is 13.7. The van der Waals surface area contributed by atoms with Gasteiger partial charge in [0.2, 0.25) is 10.9 Å². The summed E-state index contributed by atoms with van der Waals surface area (Å²) in [4.78, 5) is 46.6. The van der Waals surface area contributed by atoms with Crippen LogP contribution in [0.4, 0.5) is 11.4 Å². The SMILES string of the molecule is CCOc1ccc(NC(=O)CN2C(=O)C(=c3sc4nc(-c5ccc(C(C)(C)C)cc5)nn4c3=O)c3ccccc32)cc1. The van der Waals surface area contributed by atoms with E-state index in [4.69, 9.17) is 4.74 Å². The Morgan fingerprint density at radius 3 is 2.36 bits per heavy atom. The smallest absolute Gasteiger partial charge is 0.291 e. The maximum Gasteiger partial charge on any atom is 0.291 e. The molecule has 1 aliphatic rings. The van der Waals surface area contributed by atoms with Crippen molar-refractivity contribution < 1.29 is 14.3 Å². The van der Waals surface area contributed by atoms with Gasteiger partial charge in [-0.15, -0.1) is 5.10 Å². The van der Waals surface area contributed by atoms with Gasteiger partial charge in [-0.05, 0) is 48.2 Å². The lowest BCUT2D eigenvalue weighted by Gasteiger charge is -2.18. The fourth-order valence-corrected chi connectivity index (χ4v) is 5.93. The van der Waals surface area contributed by atoms with Crippen LogP contribution in [0.5, 0.6) is 5.75 Å². The zero-order valence-corrected chi connectivity index (χ0v) is 24.5. The minimum atomic E-state index is -0.419. The first-order valence-electron chi connectivity index (χ1n) is 13.6. The number of anilines is 2. The molecule has 1 aliphatic heterocycles. The predicted molar refractivity (Wildman–Crippen MR) is 164 cm³/mol. The van der Waals surface area contributed by atoms with Crippen LogP contribution in [0.2, 0.25) is 0 Å². The molecule has 9 nitrogen and oxygen atoms in total. The zero-order chi connectivity index (χ0) is 29.6. The fraction of sp³-hybridized carbons (Fsp3) is 0.219. The molecule has 1 N–H and O–H groups in total. The van der Waals surface area contributed by atoms with Crippen molar-refractivity contribution in [2.24, 2.45) is 0 Å². The van der Waals surface area contributed by atoms with E-state index in [9.17, 15) is 14.4 Å². The van der Waals surface area contributed by atoms with Gasteiger partial charge in [0.15, 0.2) is 5.82 Å². The van der Waals surface area contributed by atoms with Crippen molar-refractivity contribution in [1.29, 1.82) is 0 Å². The molecule has 0 atom stereocenters. The van der Waals surface area contributed by atoms with Gasteiger partial charge in [-0.3, -0.25) is 19.3 Å². The molecule has 0 bridgehead atoms. The lowest BCUT2D eigenvalue weighted by Crippen LogP contribution is -2.37. The first-order valence-corrected chi connectivity index (χ1v) is 14.4. The number of carbonyl (C=O) groups excluding carboxylic acids is 2. The van der Waals surface area contributed by atoms with Gasteiger partial charge in [-0.2, -0.15) is 9.50 Å². The van der Waals surface area contributed by atoms with Crippen molar-refractivity contribution >= 4 is 45.1 Å². The third-order valence-corrected chi connectivity index (χ3v) is 8.10. The van der Waals surface area contributed by atoms with Crippen molar-refractivity contribution in [1.82, 2.24) is 14.6 Å². The van der Waals surface area contributed by atoms with Crippen LogP contribution in [-0.4, -0.2) is 39.6 Å².